The van der Waals surface area contributed by atoms with Crippen LogP contribution in [0.2, 0.25) is 0 Å². The molecule has 1 atom stereocenters. The van der Waals surface area contributed by atoms with Crippen LogP contribution in [0.3, 0.4) is 0 Å². The molecule has 1 rings (SSSR count). The first kappa shape index (κ1) is 14.3. The highest BCUT2D eigenvalue weighted by Crippen LogP contribution is 2.28. The van der Waals surface area contributed by atoms with Gasteiger partial charge in [0.15, 0.2) is 0 Å². The predicted molar refractivity (Wildman–Crippen MR) is 70.1 cm³/mol. The maximum absolute atomic E-state index is 5.13. The Labute approximate surface area is 105 Å². The molecule has 0 aromatic carbocycles. The average Bonchev–Trinajstić information content (AvgIpc) is 2.73. The first-order chi connectivity index (χ1) is 8.04. The monoisotopic (exact) mass is 239 g/mol. The van der Waals surface area contributed by atoms with E-state index in [-0.39, 0.29) is 5.41 Å². The highest BCUT2D eigenvalue weighted by atomic mass is 16.5. The SMILES string of the molecule is COCCNCC(Cc1ccoc1)C(C)(C)C. The van der Waals surface area contributed by atoms with Gasteiger partial charge in [0.05, 0.1) is 19.1 Å². The van der Waals surface area contributed by atoms with Gasteiger partial charge < -0.3 is 14.5 Å². The van der Waals surface area contributed by atoms with Gasteiger partial charge in [0.2, 0.25) is 0 Å². The van der Waals surface area contributed by atoms with Gasteiger partial charge in [-0.15, -0.1) is 0 Å². The third kappa shape index (κ3) is 5.37. The topological polar surface area (TPSA) is 34.4 Å². The summed E-state index contributed by atoms with van der Waals surface area (Å²) in [5.74, 6) is 0.594. The van der Waals surface area contributed by atoms with Gasteiger partial charge in [-0.05, 0) is 35.9 Å². The van der Waals surface area contributed by atoms with Crippen molar-refractivity contribution < 1.29 is 9.15 Å². The third-order valence-corrected chi connectivity index (χ3v) is 3.16. The lowest BCUT2D eigenvalue weighted by Crippen LogP contribution is -2.34. The molecule has 17 heavy (non-hydrogen) atoms. The van der Waals surface area contributed by atoms with E-state index >= 15 is 0 Å². The largest absolute Gasteiger partial charge is 0.472 e. The molecule has 1 N–H and O–H groups in total. The number of hydrogen-bond donors (Lipinski definition) is 1. The van der Waals surface area contributed by atoms with Gasteiger partial charge in [-0.1, -0.05) is 20.8 Å². The number of nitrogens with one attached hydrogen (secondary N) is 1. The Bertz CT molecular complexity index is 288. The van der Waals surface area contributed by atoms with Gasteiger partial charge in [0.25, 0.3) is 0 Å². The Hall–Kier alpha value is -0.800. The van der Waals surface area contributed by atoms with Crippen LogP contribution in [0.4, 0.5) is 0 Å². The summed E-state index contributed by atoms with van der Waals surface area (Å²) in [5, 5.41) is 3.45. The van der Waals surface area contributed by atoms with Gasteiger partial charge in [0.1, 0.15) is 0 Å². The van der Waals surface area contributed by atoms with Crippen molar-refractivity contribution in [2.75, 3.05) is 26.8 Å². The second-order valence-electron chi connectivity index (χ2n) is 5.60. The molecule has 1 heterocycles. The highest BCUT2D eigenvalue weighted by Gasteiger charge is 2.24. The summed E-state index contributed by atoms with van der Waals surface area (Å²) >= 11 is 0. The first-order valence-corrected chi connectivity index (χ1v) is 6.24. The van der Waals surface area contributed by atoms with Crippen molar-refractivity contribution in [2.24, 2.45) is 11.3 Å². The van der Waals surface area contributed by atoms with Gasteiger partial charge in [-0.25, -0.2) is 0 Å². The van der Waals surface area contributed by atoms with Crippen LogP contribution in [-0.4, -0.2) is 26.8 Å². The lowest BCUT2D eigenvalue weighted by atomic mass is 9.77. The molecule has 0 saturated carbocycles. The molecule has 1 aromatic rings. The molecule has 3 heteroatoms. The van der Waals surface area contributed by atoms with E-state index in [1.807, 2.05) is 12.3 Å². The van der Waals surface area contributed by atoms with Crippen LogP contribution in [0.15, 0.2) is 23.0 Å². The van der Waals surface area contributed by atoms with Crippen molar-refractivity contribution in [3.63, 3.8) is 0 Å². The van der Waals surface area contributed by atoms with E-state index in [2.05, 4.69) is 26.1 Å². The van der Waals surface area contributed by atoms with Gasteiger partial charge in [0, 0.05) is 13.7 Å². The number of hydrogen-bond acceptors (Lipinski definition) is 3. The van der Waals surface area contributed by atoms with Crippen LogP contribution >= 0.6 is 0 Å². The zero-order valence-corrected chi connectivity index (χ0v) is 11.5. The molecule has 0 spiro atoms. The Balaban J connectivity index is 2.44. The molecule has 0 bridgehead atoms. The van der Waals surface area contributed by atoms with Gasteiger partial charge in [-0.2, -0.15) is 0 Å². The molecule has 0 amide bonds. The second-order valence-corrected chi connectivity index (χ2v) is 5.60. The molecule has 0 radical (unpaired) electrons. The summed E-state index contributed by atoms with van der Waals surface area (Å²) in [7, 11) is 1.73. The lowest BCUT2D eigenvalue weighted by molar-refractivity contribution is 0.186. The van der Waals surface area contributed by atoms with Crippen molar-refractivity contribution in [3.8, 4) is 0 Å². The van der Waals surface area contributed by atoms with E-state index in [4.69, 9.17) is 9.15 Å². The molecule has 0 aliphatic carbocycles. The van der Waals surface area contributed by atoms with Crippen molar-refractivity contribution in [3.05, 3.63) is 24.2 Å². The Morgan fingerprint density at radius 2 is 2.18 bits per heavy atom. The smallest absolute Gasteiger partial charge is 0.0934 e. The molecule has 0 fully saturated rings. The Kier molecular flexibility index (Phi) is 5.72. The maximum atomic E-state index is 5.13. The summed E-state index contributed by atoms with van der Waals surface area (Å²) in [5.41, 5.74) is 1.57. The van der Waals surface area contributed by atoms with Crippen molar-refractivity contribution in [1.29, 1.82) is 0 Å². The zero-order valence-electron chi connectivity index (χ0n) is 11.5. The molecular formula is C14H25NO2. The van der Waals surface area contributed by atoms with E-state index in [1.54, 1.807) is 13.4 Å². The fraction of sp³-hybridized carbons (Fsp3) is 0.714. The minimum Gasteiger partial charge on any atom is -0.472 e. The highest BCUT2D eigenvalue weighted by molar-refractivity contribution is 5.07. The van der Waals surface area contributed by atoms with Crippen molar-refractivity contribution in [2.45, 2.75) is 27.2 Å². The van der Waals surface area contributed by atoms with Gasteiger partial charge in [-0.3, -0.25) is 0 Å². The van der Waals surface area contributed by atoms with Gasteiger partial charge >= 0.3 is 0 Å². The minimum atomic E-state index is 0.289. The van der Waals surface area contributed by atoms with Crippen molar-refractivity contribution >= 4 is 0 Å². The van der Waals surface area contributed by atoms with E-state index in [9.17, 15) is 0 Å². The number of ether oxygens (including phenoxy) is 1. The summed E-state index contributed by atoms with van der Waals surface area (Å²) in [6, 6.07) is 2.05. The fourth-order valence-corrected chi connectivity index (χ4v) is 1.83. The van der Waals surface area contributed by atoms with E-state index < -0.39 is 0 Å². The first-order valence-electron chi connectivity index (χ1n) is 6.24. The van der Waals surface area contributed by atoms with E-state index in [1.165, 1.54) is 5.56 Å². The number of furan rings is 1. The Morgan fingerprint density at radius 3 is 2.71 bits per heavy atom. The van der Waals surface area contributed by atoms with Crippen molar-refractivity contribution in [1.82, 2.24) is 5.32 Å². The second kappa shape index (κ2) is 6.82. The molecule has 98 valence electrons. The van der Waals surface area contributed by atoms with E-state index in [0.29, 0.717) is 5.92 Å². The minimum absolute atomic E-state index is 0.289. The number of rotatable bonds is 7. The van der Waals surface area contributed by atoms with Crippen LogP contribution < -0.4 is 5.32 Å². The average molecular weight is 239 g/mol. The molecule has 3 nitrogen and oxygen atoms in total. The van der Waals surface area contributed by atoms with Crippen LogP contribution in [0.5, 0.6) is 0 Å². The molecule has 1 aromatic heterocycles. The standard InChI is InChI=1S/C14H25NO2/c1-14(2,3)13(10-15-6-8-16-4)9-12-5-7-17-11-12/h5,7,11,13,15H,6,8-10H2,1-4H3. The normalized spacial score (nSPS) is 13.9. The molecule has 0 saturated heterocycles. The zero-order chi connectivity index (χ0) is 12.7. The van der Waals surface area contributed by atoms with Crippen LogP contribution in [-0.2, 0) is 11.2 Å². The predicted octanol–water partition coefficient (Wildman–Crippen LogP) is 2.72. The van der Waals surface area contributed by atoms with Crippen LogP contribution in [0.25, 0.3) is 0 Å². The summed E-state index contributed by atoms with van der Waals surface area (Å²) < 4.78 is 10.2. The van der Waals surface area contributed by atoms with E-state index in [0.717, 1.165) is 26.1 Å². The molecule has 1 unspecified atom stereocenters. The molecular weight excluding hydrogens is 214 g/mol. The van der Waals surface area contributed by atoms with Crippen LogP contribution in [0.1, 0.15) is 26.3 Å². The van der Waals surface area contributed by atoms with Crippen LogP contribution in [0, 0.1) is 11.3 Å². The maximum Gasteiger partial charge on any atom is 0.0934 e. The molecule has 0 aliphatic rings. The lowest BCUT2D eigenvalue weighted by Gasteiger charge is -2.30. The Morgan fingerprint density at radius 1 is 1.41 bits per heavy atom. The fourth-order valence-electron chi connectivity index (χ4n) is 1.83. The third-order valence-electron chi connectivity index (χ3n) is 3.16. The number of methoxy groups -OCH3 is 1. The quantitative estimate of drug-likeness (QED) is 0.743. The summed E-state index contributed by atoms with van der Waals surface area (Å²) in [6.07, 6.45) is 4.64. The summed E-state index contributed by atoms with van der Waals surface area (Å²) in [6.45, 7) is 9.55. The summed E-state index contributed by atoms with van der Waals surface area (Å²) in [4.78, 5) is 0. The molecule has 0 aliphatic heterocycles.